The smallest absolute Gasteiger partial charge is 0.162 e. The Kier molecular flexibility index (Phi) is 6.70. The monoisotopic (exact) mass is 398 g/mol. The van der Waals surface area contributed by atoms with Crippen molar-refractivity contribution in [2.45, 2.75) is 0 Å². The molecular weight excluding hydrogens is 384 g/mol. The summed E-state index contributed by atoms with van der Waals surface area (Å²) in [5.74, 6) is 1.12. The van der Waals surface area contributed by atoms with E-state index in [9.17, 15) is 0 Å². The Hall–Kier alpha value is -1.76. The van der Waals surface area contributed by atoms with Gasteiger partial charge in [0, 0.05) is 15.1 Å². The van der Waals surface area contributed by atoms with Gasteiger partial charge >= 0.3 is 0 Å². The maximum atomic E-state index is 8.84. The van der Waals surface area contributed by atoms with Gasteiger partial charge in [-0.15, -0.1) is 0 Å². The first-order valence-electron chi connectivity index (χ1n) is 6.80. The van der Waals surface area contributed by atoms with Crippen molar-refractivity contribution in [3.63, 3.8) is 0 Å². The first-order chi connectivity index (χ1) is 11.1. The summed E-state index contributed by atoms with van der Waals surface area (Å²) < 4.78 is 11.5. The third-order valence-corrected chi connectivity index (χ3v) is 3.81. The highest BCUT2D eigenvalue weighted by atomic mass is 79.9. The van der Waals surface area contributed by atoms with Crippen LogP contribution in [0.3, 0.4) is 0 Å². The van der Waals surface area contributed by atoms with Gasteiger partial charge in [-0.05, 0) is 52.3 Å². The SMILES string of the molecule is COc1cc(/C=N/Nc2ccc(Cl)cc2)c(Br)cc1OCCO. The summed E-state index contributed by atoms with van der Waals surface area (Å²) in [5.41, 5.74) is 4.57. The number of nitrogens with one attached hydrogen (secondary N) is 1. The molecule has 0 bridgehead atoms. The molecule has 5 nitrogen and oxygen atoms in total. The molecule has 0 spiro atoms. The summed E-state index contributed by atoms with van der Waals surface area (Å²) >= 11 is 9.30. The van der Waals surface area contributed by atoms with Gasteiger partial charge in [-0.25, -0.2) is 0 Å². The Morgan fingerprint density at radius 3 is 2.65 bits per heavy atom. The minimum Gasteiger partial charge on any atom is -0.493 e. The minimum atomic E-state index is -0.0605. The van der Waals surface area contributed by atoms with Gasteiger partial charge in [0.05, 0.1) is 25.6 Å². The van der Waals surface area contributed by atoms with E-state index in [0.717, 1.165) is 15.7 Å². The molecule has 23 heavy (non-hydrogen) atoms. The van der Waals surface area contributed by atoms with Gasteiger partial charge in [-0.3, -0.25) is 5.43 Å². The zero-order chi connectivity index (χ0) is 16.7. The first-order valence-corrected chi connectivity index (χ1v) is 7.97. The predicted molar refractivity (Wildman–Crippen MR) is 95.9 cm³/mol. The van der Waals surface area contributed by atoms with Crippen LogP contribution >= 0.6 is 27.5 Å². The van der Waals surface area contributed by atoms with Gasteiger partial charge in [-0.1, -0.05) is 11.6 Å². The van der Waals surface area contributed by atoms with Crippen LogP contribution in [0.4, 0.5) is 5.69 Å². The Bertz CT molecular complexity index is 678. The van der Waals surface area contributed by atoms with Crippen molar-refractivity contribution >= 4 is 39.4 Å². The van der Waals surface area contributed by atoms with Crippen LogP contribution in [0.25, 0.3) is 0 Å². The van der Waals surface area contributed by atoms with Crippen LogP contribution in [0.5, 0.6) is 11.5 Å². The molecule has 0 fully saturated rings. The molecule has 0 aliphatic rings. The number of hydrazone groups is 1. The second kappa shape index (κ2) is 8.76. The lowest BCUT2D eigenvalue weighted by Crippen LogP contribution is -2.03. The van der Waals surface area contributed by atoms with Gasteiger partial charge in [0.25, 0.3) is 0 Å². The molecule has 0 amide bonds. The average molecular weight is 400 g/mol. The molecular formula is C16H16BrClN2O3. The van der Waals surface area contributed by atoms with Gasteiger partial charge in [-0.2, -0.15) is 5.10 Å². The summed E-state index contributed by atoms with van der Waals surface area (Å²) in [6, 6.07) is 10.8. The molecule has 0 atom stereocenters. The zero-order valence-electron chi connectivity index (χ0n) is 12.4. The number of methoxy groups -OCH3 is 1. The molecule has 2 rings (SSSR count). The van der Waals surface area contributed by atoms with Crippen molar-refractivity contribution in [3.8, 4) is 11.5 Å². The third kappa shape index (κ3) is 5.13. The number of anilines is 1. The number of ether oxygens (including phenoxy) is 2. The minimum absolute atomic E-state index is 0.0605. The van der Waals surface area contributed by atoms with Crippen LogP contribution in [-0.2, 0) is 0 Å². The normalized spacial score (nSPS) is 10.8. The Morgan fingerprint density at radius 2 is 2.00 bits per heavy atom. The number of rotatable bonds is 7. The first kappa shape index (κ1) is 17.6. The second-order valence-electron chi connectivity index (χ2n) is 4.47. The maximum absolute atomic E-state index is 8.84. The van der Waals surface area contributed by atoms with Crippen molar-refractivity contribution in [3.05, 3.63) is 51.5 Å². The summed E-state index contributed by atoms with van der Waals surface area (Å²) in [6.45, 7) is 0.142. The highest BCUT2D eigenvalue weighted by Gasteiger charge is 2.09. The fraction of sp³-hybridized carbons (Fsp3) is 0.188. The van der Waals surface area contributed by atoms with Crippen LogP contribution < -0.4 is 14.9 Å². The van der Waals surface area contributed by atoms with Crippen molar-refractivity contribution in [2.24, 2.45) is 5.10 Å². The van der Waals surface area contributed by atoms with Crippen LogP contribution in [0, 0.1) is 0 Å². The quantitative estimate of drug-likeness (QED) is 0.547. The number of benzene rings is 2. The molecule has 0 saturated heterocycles. The summed E-state index contributed by atoms with van der Waals surface area (Å²) in [7, 11) is 1.56. The topological polar surface area (TPSA) is 63.1 Å². The van der Waals surface area contributed by atoms with E-state index in [-0.39, 0.29) is 13.2 Å². The summed E-state index contributed by atoms with van der Waals surface area (Å²) in [5, 5.41) is 13.7. The standard InChI is InChI=1S/C16H16BrClN2O3/c1-22-15-8-11(14(17)9-16(15)23-7-6-21)10-19-20-13-4-2-12(18)3-5-13/h2-5,8-10,20-21H,6-7H2,1H3/b19-10+. The van der Waals surface area contributed by atoms with E-state index < -0.39 is 0 Å². The van der Waals surface area contributed by atoms with Crippen LogP contribution in [0.15, 0.2) is 46.0 Å². The number of aliphatic hydroxyl groups excluding tert-OH is 1. The fourth-order valence-electron chi connectivity index (χ4n) is 1.78. The Labute approximate surface area is 148 Å². The lowest BCUT2D eigenvalue weighted by atomic mass is 10.2. The van der Waals surface area contributed by atoms with Crippen LogP contribution in [0.2, 0.25) is 5.02 Å². The average Bonchev–Trinajstić information content (AvgIpc) is 2.56. The predicted octanol–water partition coefficient (Wildman–Crippen LogP) is 3.93. The molecule has 7 heteroatoms. The molecule has 2 N–H and O–H groups in total. The molecule has 0 aliphatic heterocycles. The fourth-order valence-corrected chi connectivity index (χ4v) is 2.33. The summed E-state index contributed by atoms with van der Waals surface area (Å²) in [6.07, 6.45) is 1.66. The van der Waals surface area contributed by atoms with Gasteiger partial charge in [0.2, 0.25) is 0 Å². The highest BCUT2D eigenvalue weighted by Crippen LogP contribution is 2.32. The molecule has 0 radical (unpaired) electrons. The highest BCUT2D eigenvalue weighted by molar-refractivity contribution is 9.10. The van der Waals surface area contributed by atoms with Crippen molar-refractivity contribution in [1.82, 2.24) is 0 Å². The molecule has 0 saturated carbocycles. The van der Waals surface area contributed by atoms with Crippen molar-refractivity contribution in [2.75, 3.05) is 25.7 Å². The van der Waals surface area contributed by atoms with Crippen LogP contribution in [-0.4, -0.2) is 31.6 Å². The number of nitrogens with zero attached hydrogens (tertiary/aromatic N) is 1. The molecule has 122 valence electrons. The van der Waals surface area contributed by atoms with Gasteiger partial charge in [0.15, 0.2) is 11.5 Å². The zero-order valence-corrected chi connectivity index (χ0v) is 14.8. The van der Waals surface area contributed by atoms with Crippen molar-refractivity contribution < 1.29 is 14.6 Å². The lowest BCUT2D eigenvalue weighted by molar-refractivity contribution is 0.196. The van der Waals surface area contributed by atoms with E-state index in [1.54, 1.807) is 37.6 Å². The Balaban J connectivity index is 2.12. The number of hydrogen-bond acceptors (Lipinski definition) is 5. The number of halogens is 2. The molecule has 0 aromatic heterocycles. The van der Waals surface area contributed by atoms with E-state index in [0.29, 0.717) is 16.5 Å². The number of hydrogen-bond donors (Lipinski definition) is 2. The van der Waals surface area contributed by atoms with E-state index in [1.807, 2.05) is 12.1 Å². The van der Waals surface area contributed by atoms with E-state index >= 15 is 0 Å². The summed E-state index contributed by atoms with van der Waals surface area (Å²) in [4.78, 5) is 0. The van der Waals surface area contributed by atoms with Gasteiger partial charge < -0.3 is 14.6 Å². The molecule has 2 aromatic rings. The maximum Gasteiger partial charge on any atom is 0.162 e. The molecule has 0 aliphatic carbocycles. The van der Waals surface area contributed by atoms with E-state index in [4.69, 9.17) is 26.2 Å². The third-order valence-electron chi connectivity index (χ3n) is 2.87. The number of aliphatic hydroxyl groups is 1. The molecule has 2 aromatic carbocycles. The molecule has 0 unspecified atom stereocenters. The largest absolute Gasteiger partial charge is 0.493 e. The van der Waals surface area contributed by atoms with E-state index in [1.165, 1.54) is 0 Å². The van der Waals surface area contributed by atoms with E-state index in [2.05, 4.69) is 26.5 Å². The lowest BCUT2D eigenvalue weighted by Gasteiger charge is -2.11. The van der Waals surface area contributed by atoms with Crippen molar-refractivity contribution in [1.29, 1.82) is 0 Å². The van der Waals surface area contributed by atoms with Gasteiger partial charge in [0.1, 0.15) is 6.61 Å². The molecule has 0 heterocycles. The second-order valence-corrected chi connectivity index (χ2v) is 5.76. The van der Waals surface area contributed by atoms with Crippen LogP contribution in [0.1, 0.15) is 5.56 Å². The Morgan fingerprint density at radius 1 is 1.26 bits per heavy atom.